The van der Waals surface area contributed by atoms with Gasteiger partial charge in [-0.25, -0.2) is 0 Å². The highest BCUT2D eigenvalue weighted by atomic mass is 16.5. The van der Waals surface area contributed by atoms with E-state index >= 15 is 0 Å². The average molecular weight is 214 g/mol. The van der Waals surface area contributed by atoms with E-state index in [-0.39, 0.29) is 0 Å². The molecule has 3 heteroatoms. The van der Waals surface area contributed by atoms with Gasteiger partial charge in [0.1, 0.15) is 0 Å². The minimum Gasteiger partial charge on any atom is -0.383 e. The summed E-state index contributed by atoms with van der Waals surface area (Å²) < 4.78 is 5.01. The van der Waals surface area contributed by atoms with Crippen LogP contribution in [0.5, 0.6) is 0 Å². The molecule has 0 amide bonds. The van der Waals surface area contributed by atoms with E-state index in [4.69, 9.17) is 4.74 Å². The fourth-order valence-corrected chi connectivity index (χ4v) is 2.08. The van der Waals surface area contributed by atoms with Gasteiger partial charge in [0.2, 0.25) is 0 Å². The number of nitrogens with one attached hydrogen (secondary N) is 1. The summed E-state index contributed by atoms with van der Waals surface area (Å²) in [6.07, 6.45) is 2.73. The van der Waals surface area contributed by atoms with Gasteiger partial charge in [0, 0.05) is 26.2 Å². The third-order valence-electron chi connectivity index (χ3n) is 3.36. The van der Waals surface area contributed by atoms with Crippen LogP contribution in [0.3, 0.4) is 0 Å². The van der Waals surface area contributed by atoms with E-state index in [2.05, 4.69) is 24.1 Å². The lowest BCUT2D eigenvalue weighted by Crippen LogP contribution is -2.44. The van der Waals surface area contributed by atoms with Crippen LogP contribution < -0.4 is 5.32 Å². The zero-order chi connectivity index (χ0) is 11.1. The van der Waals surface area contributed by atoms with Crippen molar-refractivity contribution < 1.29 is 4.74 Å². The summed E-state index contributed by atoms with van der Waals surface area (Å²) in [7, 11) is 1.75. The van der Waals surface area contributed by atoms with Gasteiger partial charge in [-0.3, -0.25) is 4.90 Å². The lowest BCUT2D eigenvalue weighted by molar-refractivity contribution is 0.141. The van der Waals surface area contributed by atoms with Crippen LogP contribution in [0.4, 0.5) is 0 Å². The molecule has 15 heavy (non-hydrogen) atoms. The van der Waals surface area contributed by atoms with Crippen LogP contribution in [-0.2, 0) is 4.74 Å². The molecule has 1 saturated heterocycles. The molecule has 1 atom stereocenters. The van der Waals surface area contributed by atoms with Crippen molar-refractivity contribution in [2.24, 2.45) is 5.92 Å². The largest absolute Gasteiger partial charge is 0.383 e. The van der Waals surface area contributed by atoms with Gasteiger partial charge >= 0.3 is 0 Å². The van der Waals surface area contributed by atoms with Crippen molar-refractivity contribution in [3.63, 3.8) is 0 Å². The number of ether oxygens (including phenoxy) is 1. The summed E-state index contributed by atoms with van der Waals surface area (Å²) in [6.45, 7) is 10.1. The van der Waals surface area contributed by atoms with Gasteiger partial charge in [-0.05, 0) is 38.8 Å². The molecule has 0 spiro atoms. The van der Waals surface area contributed by atoms with Crippen molar-refractivity contribution in [2.45, 2.75) is 32.7 Å². The molecule has 0 aromatic heterocycles. The molecule has 0 aromatic rings. The van der Waals surface area contributed by atoms with Crippen molar-refractivity contribution >= 4 is 0 Å². The van der Waals surface area contributed by atoms with E-state index in [0.29, 0.717) is 6.04 Å². The van der Waals surface area contributed by atoms with Crippen molar-refractivity contribution in [1.82, 2.24) is 10.2 Å². The lowest BCUT2D eigenvalue weighted by atomic mass is 9.98. The molecule has 1 unspecified atom stereocenters. The molecule has 1 aliphatic rings. The van der Waals surface area contributed by atoms with Gasteiger partial charge < -0.3 is 10.1 Å². The quantitative estimate of drug-likeness (QED) is 0.675. The first kappa shape index (κ1) is 12.9. The highest BCUT2D eigenvalue weighted by molar-refractivity contribution is 4.75. The van der Waals surface area contributed by atoms with Crippen molar-refractivity contribution in [3.05, 3.63) is 0 Å². The molecule has 1 heterocycles. The SMILES string of the molecule is COCCNCC(C)N1CCC(C)CC1. The molecule has 0 aliphatic carbocycles. The topological polar surface area (TPSA) is 24.5 Å². The van der Waals surface area contributed by atoms with Crippen LogP contribution in [-0.4, -0.2) is 50.8 Å². The van der Waals surface area contributed by atoms with Crippen LogP contribution in [0.2, 0.25) is 0 Å². The number of hydrogen-bond donors (Lipinski definition) is 1. The molecule has 0 aromatic carbocycles. The third kappa shape index (κ3) is 4.96. The minimum atomic E-state index is 0.661. The van der Waals surface area contributed by atoms with Crippen LogP contribution in [0.1, 0.15) is 26.7 Å². The number of methoxy groups -OCH3 is 1. The highest BCUT2D eigenvalue weighted by Gasteiger charge is 2.19. The molecule has 3 nitrogen and oxygen atoms in total. The van der Waals surface area contributed by atoms with E-state index in [1.165, 1.54) is 25.9 Å². The van der Waals surface area contributed by atoms with Gasteiger partial charge in [-0.15, -0.1) is 0 Å². The van der Waals surface area contributed by atoms with Crippen LogP contribution in [0, 0.1) is 5.92 Å². The molecule has 0 bridgehead atoms. The average Bonchev–Trinajstić information content (AvgIpc) is 2.25. The standard InChI is InChI=1S/C12H26N2O/c1-11-4-7-14(8-5-11)12(2)10-13-6-9-15-3/h11-13H,4-10H2,1-3H3. The number of rotatable bonds is 6. The summed E-state index contributed by atoms with van der Waals surface area (Å²) in [5.41, 5.74) is 0. The van der Waals surface area contributed by atoms with Gasteiger partial charge in [-0.1, -0.05) is 6.92 Å². The van der Waals surface area contributed by atoms with Gasteiger partial charge in [0.15, 0.2) is 0 Å². The van der Waals surface area contributed by atoms with E-state index in [0.717, 1.165) is 25.6 Å². The molecule has 0 saturated carbocycles. The predicted octanol–water partition coefficient (Wildman–Crippen LogP) is 1.34. The molecule has 0 radical (unpaired) electrons. The van der Waals surface area contributed by atoms with E-state index in [1.54, 1.807) is 7.11 Å². The summed E-state index contributed by atoms with van der Waals surface area (Å²) in [4.78, 5) is 2.60. The Kier molecular flexibility index (Phi) is 6.22. The Hall–Kier alpha value is -0.120. The number of nitrogens with zero attached hydrogens (tertiary/aromatic N) is 1. The first-order chi connectivity index (χ1) is 7.24. The maximum absolute atomic E-state index is 5.01. The van der Waals surface area contributed by atoms with Crippen LogP contribution in [0.25, 0.3) is 0 Å². The van der Waals surface area contributed by atoms with Crippen molar-refractivity contribution in [2.75, 3.05) is 39.9 Å². The second kappa shape index (κ2) is 7.20. The van der Waals surface area contributed by atoms with E-state index in [9.17, 15) is 0 Å². The number of likely N-dealkylation sites (tertiary alicyclic amines) is 1. The third-order valence-corrected chi connectivity index (χ3v) is 3.36. The molecule has 1 N–H and O–H groups in total. The van der Waals surface area contributed by atoms with E-state index < -0.39 is 0 Å². The Morgan fingerprint density at radius 3 is 2.67 bits per heavy atom. The molecular formula is C12H26N2O. The molecular weight excluding hydrogens is 188 g/mol. The first-order valence-corrected chi connectivity index (χ1v) is 6.17. The Bertz CT molecular complexity index is 156. The maximum Gasteiger partial charge on any atom is 0.0587 e. The van der Waals surface area contributed by atoms with E-state index in [1.807, 2.05) is 0 Å². The second-order valence-corrected chi connectivity index (χ2v) is 4.76. The fourth-order valence-electron chi connectivity index (χ4n) is 2.08. The number of piperidine rings is 1. The summed E-state index contributed by atoms with van der Waals surface area (Å²) in [5, 5.41) is 3.43. The van der Waals surface area contributed by atoms with Crippen LogP contribution >= 0.6 is 0 Å². The smallest absolute Gasteiger partial charge is 0.0587 e. The monoisotopic (exact) mass is 214 g/mol. The molecule has 1 fully saturated rings. The normalized spacial score (nSPS) is 21.8. The number of hydrogen-bond acceptors (Lipinski definition) is 3. The Labute approximate surface area is 94.2 Å². The molecule has 1 aliphatic heterocycles. The first-order valence-electron chi connectivity index (χ1n) is 6.17. The summed E-state index contributed by atoms with van der Waals surface area (Å²) in [5.74, 6) is 0.926. The van der Waals surface area contributed by atoms with Crippen molar-refractivity contribution in [1.29, 1.82) is 0 Å². The fraction of sp³-hybridized carbons (Fsp3) is 1.00. The van der Waals surface area contributed by atoms with Gasteiger partial charge in [-0.2, -0.15) is 0 Å². The van der Waals surface area contributed by atoms with Crippen molar-refractivity contribution in [3.8, 4) is 0 Å². The zero-order valence-corrected chi connectivity index (χ0v) is 10.5. The van der Waals surface area contributed by atoms with Crippen LogP contribution in [0.15, 0.2) is 0 Å². The Morgan fingerprint density at radius 1 is 1.40 bits per heavy atom. The summed E-state index contributed by atoms with van der Waals surface area (Å²) in [6, 6.07) is 0.661. The maximum atomic E-state index is 5.01. The lowest BCUT2D eigenvalue weighted by Gasteiger charge is -2.35. The predicted molar refractivity (Wildman–Crippen MR) is 64.2 cm³/mol. The minimum absolute atomic E-state index is 0.661. The molecule has 90 valence electrons. The van der Waals surface area contributed by atoms with Gasteiger partial charge in [0.05, 0.1) is 6.61 Å². The highest BCUT2D eigenvalue weighted by Crippen LogP contribution is 2.17. The Balaban J connectivity index is 2.08. The Morgan fingerprint density at radius 2 is 2.07 bits per heavy atom. The van der Waals surface area contributed by atoms with Gasteiger partial charge in [0.25, 0.3) is 0 Å². The second-order valence-electron chi connectivity index (χ2n) is 4.76. The molecule has 1 rings (SSSR count). The zero-order valence-electron chi connectivity index (χ0n) is 10.5. The summed E-state index contributed by atoms with van der Waals surface area (Å²) >= 11 is 0.